The number of hydrogen-bond acceptors (Lipinski definition) is 3. The first kappa shape index (κ1) is 16.6. The normalized spacial score (nSPS) is 16.0. The van der Waals surface area contributed by atoms with Gasteiger partial charge in [0.15, 0.2) is 17.6 Å². The molecule has 2 aromatic rings. The molecule has 2 aromatic carbocycles. The Morgan fingerprint density at radius 1 is 1.30 bits per heavy atom. The van der Waals surface area contributed by atoms with E-state index >= 15 is 0 Å². The second kappa shape index (κ2) is 7.09. The molecule has 0 fully saturated rings. The van der Waals surface area contributed by atoms with Crippen LogP contribution in [0.3, 0.4) is 0 Å². The number of carbonyl (C=O) groups excluding carboxylic acids is 1. The maximum atomic E-state index is 12.6. The number of ether oxygens (including phenoxy) is 2. The standard InChI is InChI=1S/C17H15BrINO3/c1-20(17(21)13-8-11(18)6-7-14(13)19)9-12-10-22-15-4-2-3-5-16(15)23-12/h2-8,12H,9-10H2,1H3. The third kappa shape index (κ3) is 3.80. The van der Waals surface area contributed by atoms with Gasteiger partial charge >= 0.3 is 0 Å². The SMILES string of the molecule is CN(CC1COc2ccccc2O1)C(=O)c1cc(Br)ccc1I. The highest BCUT2D eigenvalue weighted by Gasteiger charge is 2.24. The molecule has 1 aliphatic heterocycles. The van der Waals surface area contributed by atoms with Gasteiger partial charge in [-0.3, -0.25) is 4.79 Å². The fraction of sp³-hybridized carbons (Fsp3) is 0.235. The van der Waals surface area contributed by atoms with Crippen LogP contribution >= 0.6 is 38.5 Å². The summed E-state index contributed by atoms with van der Waals surface area (Å²) >= 11 is 5.58. The van der Waals surface area contributed by atoms with Gasteiger partial charge in [0.2, 0.25) is 0 Å². The summed E-state index contributed by atoms with van der Waals surface area (Å²) in [6.45, 7) is 0.903. The summed E-state index contributed by atoms with van der Waals surface area (Å²) < 4.78 is 13.4. The number of likely N-dealkylation sites (N-methyl/N-ethyl adjacent to an activating group) is 1. The van der Waals surface area contributed by atoms with Crippen LogP contribution in [0.15, 0.2) is 46.9 Å². The quantitative estimate of drug-likeness (QED) is 0.615. The number of para-hydroxylation sites is 2. The predicted octanol–water partition coefficient (Wildman–Crippen LogP) is 3.97. The molecule has 0 N–H and O–H groups in total. The van der Waals surface area contributed by atoms with Crippen LogP contribution in [-0.4, -0.2) is 37.1 Å². The average Bonchev–Trinajstić information content (AvgIpc) is 2.56. The first-order valence-corrected chi connectivity index (χ1v) is 9.01. The molecule has 1 atom stereocenters. The monoisotopic (exact) mass is 487 g/mol. The van der Waals surface area contributed by atoms with Crippen LogP contribution in [0, 0.1) is 3.57 Å². The Labute approximate surface area is 157 Å². The zero-order valence-corrected chi connectivity index (χ0v) is 16.2. The van der Waals surface area contributed by atoms with Gasteiger partial charge in [-0.25, -0.2) is 0 Å². The lowest BCUT2D eigenvalue weighted by atomic mass is 10.2. The van der Waals surface area contributed by atoms with Gasteiger partial charge in [0.25, 0.3) is 5.91 Å². The van der Waals surface area contributed by atoms with Gasteiger partial charge in [-0.05, 0) is 52.9 Å². The molecular formula is C17H15BrINO3. The topological polar surface area (TPSA) is 38.8 Å². The molecule has 1 aliphatic rings. The number of rotatable bonds is 3. The Morgan fingerprint density at radius 3 is 2.83 bits per heavy atom. The number of benzene rings is 2. The summed E-state index contributed by atoms with van der Waals surface area (Å²) in [5.41, 5.74) is 0.680. The number of halogens is 2. The van der Waals surface area contributed by atoms with Gasteiger partial charge in [0.05, 0.1) is 12.1 Å². The van der Waals surface area contributed by atoms with Crippen molar-refractivity contribution in [1.82, 2.24) is 4.90 Å². The van der Waals surface area contributed by atoms with Crippen LogP contribution in [0.1, 0.15) is 10.4 Å². The Morgan fingerprint density at radius 2 is 2.04 bits per heavy atom. The van der Waals surface area contributed by atoms with Crippen molar-refractivity contribution in [3.63, 3.8) is 0 Å². The molecular weight excluding hydrogens is 473 g/mol. The fourth-order valence-electron chi connectivity index (χ4n) is 2.41. The van der Waals surface area contributed by atoms with Crippen molar-refractivity contribution in [2.75, 3.05) is 20.2 Å². The molecule has 1 amide bonds. The molecule has 0 bridgehead atoms. The summed E-state index contributed by atoms with van der Waals surface area (Å²) in [5, 5.41) is 0. The number of hydrogen-bond donors (Lipinski definition) is 0. The smallest absolute Gasteiger partial charge is 0.254 e. The minimum absolute atomic E-state index is 0.0295. The van der Waals surface area contributed by atoms with E-state index in [1.165, 1.54) is 0 Å². The highest BCUT2D eigenvalue weighted by Crippen LogP contribution is 2.31. The number of carbonyl (C=O) groups is 1. The predicted molar refractivity (Wildman–Crippen MR) is 100 cm³/mol. The van der Waals surface area contributed by atoms with E-state index in [-0.39, 0.29) is 12.0 Å². The molecule has 0 saturated carbocycles. The number of amides is 1. The Kier molecular flexibility index (Phi) is 5.11. The molecule has 3 rings (SSSR count). The summed E-state index contributed by atoms with van der Waals surface area (Å²) in [7, 11) is 1.78. The second-order valence-electron chi connectivity index (χ2n) is 5.31. The lowest BCUT2D eigenvalue weighted by Crippen LogP contribution is -2.42. The zero-order chi connectivity index (χ0) is 16.4. The lowest BCUT2D eigenvalue weighted by molar-refractivity contribution is 0.0520. The minimum atomic E-state index is -0.177. The molecule has 6 heteroatoms. The maximum absolute atomic E-state index is 12.6. The van der Waals surface area contributed by atoms with Gasteiger partial charge in [-0.2, -0.15) is 0 Å². The second-order valence-corrected chi connectivity index (χ2v) is 7.39. The van der Waals surface area contributed by atoms with E-state index in [2.05, 4.69) is 38.5 Å². The van der Waals surface area contributed by atoms with Crippen LogP contribution in [0.5, 0.6) is 11.5 Å². The summed E-state index contributed by atoms with van der Waals surface area (Å²) in [6, 6.07) is 13.3. The van der Waals surface area contributed by atoms with E-state index in [1.807, 2.05) is 42.5 Å². The van der Waals surface area contributed by atoms with Crippen molar-refractivity contribution < 1.29 is 14.3 Å². The summed E-state index contributed by atoms with van der Waals surface area (Å²) in [5.74, 6) is 1.44. The van der Waals surface area contributed by atoms with E-state index in [0.29, 0.717) is 18.7 Å². The Bertz CT molecular complexity index is 738. The van der Waals surface area contributed by atoms with E-state index in [1.54, 1.807) is 11.9 Å². The van der Waals surface area contributed by atoms with Crippen molar-refractivity contribution in [2.45, 2.75) is 6.10 Å². The third-order valence-electron chi connectivity index (χ3n) is 3.55. The molecule has 120 valence electrons. The van der Waals surface area contributed by atoms with E-state index < -0.39 is 0 Å². The molecule has 0 saturated heterocycles. The van der Waals surface area contributed by atoms with Crippen LogP contribution in [-0.2, 0) is 0 Å². The zero-order valence-electron chi connectivity index (χ0n) is 12.5. The van der Waals surface area contributed by atoms with Crippen LogP contribution in [0.4, 0.5) is 0 Å². The van der Waals surface area contributed by atoms with Crippen molar-refractivity contribution in [2.24, 2.45) is 0 Å². The molecule has 23 heavy (non-hydrogen) atoms. The third-order valence-corrected chi connectivity index (χ3v) is 4.98. The van der Waals surface area contributed by atoms with Crippen molar-refractivity contribution in [1.29, 1.82) is 0 Å². The largest absolute Gasteiger partial charge is 0.486 e. The average molecular weight is 488 g/mol. The summed E-state index contributed by atoms with van der Waals surface area (Å²) in [6.07, 6.45) is -0.177. The maximum Gasteiger partial charge on any atom is 0.254 e. The molecule has 0 radical (unpaired) electrons. The van der Waals surface area contributed by atoms with Crippen LogP contribution in [0.25, 0.3) is 0 Å². The van der Waals surface area contributed by atoms with Gasteiger partial charge in [-0.1, -0.05) is 28.1 Å². The van der Waals surface area contributed by atoms with E-state index in [4.69, 9.17) is 9.47 Å². The van der Waals surface area contributed by atoms with E-state index in [9.17, 15) is 4.79 Å². The highest BCUT2D eigenvalue weighted by molar-refractivity contribution is 14.1. The van der Waals surface area contributed by atoms with Gasteiger partial charge in [0, 0.05) is 15.1 Å². The Hall–Kier alpha value is -1.28. The molecule has 4 nitrogen and oxygen atoms in total. The Balaban J connectivity index is 1.69. The molecule has 1 unspecified atom stereocenters. The molecule has 0 aliphatic carbocycles. The van der Waals surface area contributed by atoms with Crippen molar-refractivity contribution in [3.05, 3.63) is 56.1 Å². The van der Waals surface area contributed by atoms with Gasteiger partial charge < -0.3 is 14.4 Å². The minimum Gasteiger partial charge on any atom is -0.486 e. The summed E-state index contributed by atoms with van der Waals surface area (Å²) in [4.78, 5) is 14.3. The van der Waals surface area contributed by atoms with Crippen LogP contribution < -0.4 is 9.47 Å². The van der Waals surface area contributed by atoms with Gasteiger partial charge in [0.1, 0.15) is 6.61 Å². The highest BCUT2D eigenvalue weighted by atomic mass is 127. The first-order chi connectivity index (χ1) is 11.0. The fourth-order valence-corrected chi connectivity index (χ4v) is 3.34. The first-order valence-electron chi connectivity index (χ1n) is 7.13. The van der Waals surface area contributed by atoms with Crippen LogP contribution in [0.2, 0.25) is 0 Å². The molecule has 0 spiro atoms. The van der Waals surface area contributed by atoms with Crippen molar-refractivity contribution >= 4 is 44.4 Å². The van der Waals surface area contributed by atoms with Crippen molar-refractivity contribution in [3.8, 4) is 11.5 Å². The molecule has 0 aromatic heterocycles. The lowest BCUT2D eigenvalue weighted by Gasteiger charge is -2.29. The molecule has 1 heterocycles. The van der Waals surface area contributed by atoms with E-state index in [0.717, 1.165) is 19.5 Å². The number of fused-ring (bicyclic) bond motifs is 1. The number of nitrogens with zero attached hydrogens (tertiary/aromatic N) is 1. The van der Waals surface area contributed by atoms with Gasteiger partial charge in [-0.15, -0.1) is 0 Å².